The van der Waals surface area contributed by atoms with Gasteiger partial charge in [0.1, 0.15) is 0 Å². The maximum absolute atomic E-state index is 12.7. The van der Waals surface area contributed by atoms with Crippen LogP contribution in [0.15, 0.2) is 41.3 Å². The number of benzene rings is 2. The van der Waals surface area contributed by atoms with Gasteiger partial charge in [0.15, 0.2) is 11.5 Å². The molecule has 0 bridgehead atoms. The second-order valence-corrected chi connectivity index (χ2v) is 7.58. The number of hydrogen-bond donors (Lipinski definition) is 0. The van der Waals surface area contributed by atoms with E-state index in [9.17, 15) is 14.4 Å². The van der Waals surface area contributed by atoms with Crippen LogP contribution in [0.25, 0.3) is 6.08 Å². The smallest absolute Gasteiger partial charge is 0.337 e. The fourth-order valence-corrected chi connectivity index (χ4v) is 3.92. The van der Waals surface area contributed by atoms with Crippen molar-refractivity contribution in [1.29, 1.82) is 0 Å². The molecule has 2 aromatic carbocycles. The summed E-state index contributed by atoms with van der Waals surface area (Å²) in [5.41, 5.74) is 1.67. The molecular formula is C20H14ClNO6S. The fourth-order valence-electron chi connectivity index (χ4n) is 2.87. The lowest BCUT2D eigenvalue weighted by molar-refractivity contribution is -0.123. The van der Waals surface area contributed by atoms with Crippen molar-refractivity contribution in [3.63, 3.8) is 0 Å². The highest BCUT2D eigenvalue weighted by Gasteiger charge is 2.35. The number of methoxy groups -OCH3 is 1. The lowest BCUT2D eigenvalue weighted by atomic mass is 10.1. The molecular weight excluding hydrogens is 418 g/mol. The summed E-state index contributed by atoms with van der Waals surface area (Å²) in [6, 6.07) is 9.81. The first-order valence-electron chi connectivity index (χ1n) is 8.48. The van der Waals surface area contributed by atoms with Gasteiger partial charge in [0, 0.05) is 11.1 Å². The molecule has 0 aliphatic carbocycles. The van der Waals surface area contributed by atoms with Crippen molar-refractivity contribution in [3.05, 3.63) is 63.0 Å². The van der Waals surface area contributed by atoms with Crippen LogP contribution in [0.4, 0.5) is 4.79 Å². The van der Waals surface area contributed by atoms with Crippen molar-refractivity contribution < 1.29 is 28.6 Å². The minimum Gasteiger partial charge on any atom is -0.465 e. The largest absolute Gasteiger partial charge is 0.465 e. The van der Waals surface area contributed by atoms with E-state index in [0.29, 0.717) is 33.2 Å². The van der Waals surface area contributed by atoms with Crippen LogP contribution in [0.1, 0.15) is 21.5 Å². The van der Waals surface area contributed by atoms with E-state index in [1.165, 1.54) is 7.11 Å². The number of hydrogen-bond acceptors (Lipinski definition) is 7. The lowest BCUT2D eigenvalue weighted by Crippen LogP contribution is -2.27. The summed E-state index contributed by atoms with van der Waals surface area (Å²) in [5, 5.41) is -0.00292. The molecule has 1 saturated heterocycles. The van der Waals surface area contributed by atoms with Crippen LogP contribution in [-0.4, -0.2) is 35.9 Å². The molecule has 29 heavy (non-hydrogen) atoms. The summed E-state index contributed by atoms with van der Waals surface area (Å²) >= 11 is 7.11. The number of ether oxygens (including phenoxy) is 3. The summed E-state index contributed by atoms with van der Waals surface area (Å²) in [6.07, 6.45) is 1.60. The molecule has 2 amide bonds. The molecule has 7 nitrogen and oxygen atoms in total. The first-order valence-corrected chi connectivity index (χ1v) is 9.67. The molecule has 0 atom stereocenters. The Balaban J connectivity index is 1.53. The Labute approximate surface area is 175 Å². The fraction of sp³-hybridized carbons (Fsp3) is 0.150. The first-order chi connectivity index (χ1) is 14.0. The summed E-state index contributed by atoms with van der Waals surface area (Å²) in [5.74, 6) is 0.198. The average Bonchev–Trinajstić information content (AvgIpc) is 3.27. The number of amides is 2. The van der Waals surface area contributed by atoms with Gasteiger partial charge in [0.2, 0.25) is 6.79 Å². The molecule has 148 valence electrons. The number of rotatable bonds is 4. The van der Waals surface area contributed by atoms with E-state index >= 15 is 0 Å². The third-order valence-electron chi connectivity index (χ3n) is 4.37. The zero-order chi connectivity index (χ0) is 20.5. The maximum atomic E-state index is 12.7. The zero-order valence-electron chi connectivity index (χ0n) is 15.1. The summed E-state index contributed by atoms with van der Waals surface area (Å²) in [6.45, 7) is 0.132. The summed E-state index contributed by atoms with van der Waals surface area (Å²) in [7, 11) is 1.30. The topological polar surface area (TPSA) is 82.1 Å². The van der Waals surface area contributed by atoms with Gasteiger partial charge in [-0.15, -0.1) is 0 Å². The third kappa shape index (κ3) is 3.81. The number of carbonyl (C=O) groups excluding carboxylic acids is 3. The van der Waals surface area contributed by atoms with Gasteiger partial charge in [-0.25, -0.2) is 4.79 Å². The Bertz CT molecular complexity index is 1050. The van der Waals surface area contributed by atoms with Gasteiger partial charge in [0.25, 0.3) is 11.1 Å². The SMILES string of the molecule is COC(=O)c1ccc(/C=C2\SC(=O)N(Cc3cc4c(cc3Cl)OCO4)C2=O)cc1. The molecule has 2 aromatic rings. The van der Waals surface area contributed by atoms with Crippen molar-refractivity contribution in [2.75, 3.05) is 13.9 Å². The number of esters is 1. The predicted molar refractivity (Wildman–Crippen MR) is 107 cm³/mol. The number of nitrogens with zero attached hydrogens (tertiary/aromatic N) is 1. The van der Waals surface area contributed by atoms with Crippen LogP contribution in [0.2, 0.25) is 5.02 Å². The highest BCUT2D eigenvalue weighted by molar-refractivity contribution is 8.18. The first kappa shape index (κ1) is 19.4. The Morgan fingerprint density at radius 3 is 2.59 bits per heavy atom. The third-order valence-corrected chi connectivity index (χ3v) is 5.63. The van der Waals surface area contributed by atoms with Gasteiger partial charge >= 0.3 is 5.97 Å². The Morgan fingerprint density at radius 2 is 1.90 bits per heavy atom. The van der Waals surface area contributed by atoms with E-state index in [4.69, 9.17) is 21.1 Å². The van der Waals surface area contributed by atoms with Gasteiger partial charge in [-0.2, -0.15) is 0 Å². The number of imide groups is 1. The minimum atomic E-state index is -0.447. The highest BCUT2D eigenvalue weighted by Crippen LogP contribution is 2.39. The van der Waals surface area contributed by atoms with Crippen LogP contribution < -0.4 is 9.47 Å². The predicted octanol–water partition coefficient (Wildman–Crippen LogP) is 4.09. The molecule has 0 radical (unpaired) electrons. The van der Waals surface area contributed by atoms with Crippen LogP contribution in [0.5, 0.6) is 11.5 Å². The number of fused-ring (bicyclic) bond motifs is 1. The summed E-state index contributed by atoms with van der Waals surface area (Å²) < 4.78 is 15.2. The van der Waals surface area contributed by atoms with Gasteiger partial charge in [-0.05, 0) is 47.2 Å². The van der Waals surface area contributed by atoms with Crippen LogP contribution in [-0.2, 0) is 16.1 Å². The molecule has 4 rings (SSSR count). The standard InChI is InChI=1S/C20H14ClNO6S/c1-26-19(24)12-4-2-11(3-5-12)6-17-18(23)22(20(25)29-17)9-13-7-15-16(8-14(13)21)28-10-27-15/h2-8H,9-10H2,1H3/b17-6-. The van der Waals surface area contributed by atoms with Crippen molar-refractivity contribution >= 4 is 46.6 Å². The second kappa shape index (κ2) is 7.81. The van der Waals surface area contributed by atoms with E-state index in [1.54, 1.807) is 42.5 Å². The van der Waals surface area contributed by atoms with E-state index < -0.39 is 11.9 Å². The van der Waals surface area contributed by atoms with Crippen LogP contribution in [0, 0.1) is 0 Å². The molecule has 1 fully saturated rings. The van der Waals surface area contributed by atoms with Gasteiger partial charge in [0.05, 0.1) is 24.1 Å². The molecule has 2 aliphatic rings. The Hall–Kier alpha value is -2.97. The minimum absolute atomic E-state index is 0.0265. The number of halogens is 1. The average molecular weight is 432 g/mol. The van der Waals surface area contributed by atoms with Crippen molar-refractivity contribution in [1.82, 2.24) is 4.90 Å². The second-order valence-electron chi connectivity index (χ2n) is 6.18. The quantitative estimate of drug-likeness (QED) is 0.532. The molecule has 0 saturated carbocycles. The molecule has 0 spiro atoms. The summed E-state index contributed by atoms with van der Waals surface area (Å²) in [4.78, 5) is 38.0. The lowest BCUT2D eigenvalue weighted by Gasteiger charge is -2.14. The molecule has 9 heteroatoms. The van der Waals surface area contributed by atoms with Gasteiger partial charge in [-0.3, -0.25) is 14.5 Å². The van der Waals surface area contributed by atoms with Gasteiger partial charge < -0.3 is 14.2 Å². The van der Waals surface area contributed by atoms with Crippen molar-refractivity contribution in [2.45, 2.75) is 6.54 Å². The zero-order valence-corrected chi connectivity index (χ0v) is 16.7. The highest BCUT2D eigenvalue weighted by atomic mass is 35.5. The van der Waals surface area contributed by atoms with E-state index in [0.717, 1.165) is 16.7 Å². The van der Waals surface area contributed by atoms with Gasteiger partial charge in [-0.1, -0.05) is 23.7 Å². The van der Waals surface area contributed by atoms with E-state index in [2.05, 4.69) is 4.74 Å². The number of carbonyl (C=O) groups is 3. The van der Waals surface area contributed by atoms with Crippen molar-refractivity contribution in [2.24, 2.45) is 0 Å². The van der Waals surface area contributed by atoms with Crippen LogP contribution >= 0.6 is 23.4 Å². The number of thioether (sulfide) groups is 1. The molecule has 0 unspecified atom stereocenters. The molecule has 2 aliphatic heterocycles. The molecule has 2 heterocycles. The monoisotopic (exact) mass is 431 g/mol. The Morgan fingerprint density at radius 1 is 1.21 bits per heavy atom. The normalized spacial score (nSPS) is 16.6. The Kier molecular flexibility index (Phi) is 5.21. The maximum Gasteiger partial charge on any atom is 0.337 e. The van der Waals surface area contributed by atoms with E-state index in [-0.39, 0.29) is 23.5 Å². The van der Waals surface area contributed by atoms with Crippen LogP contribution in [0.3, 0.4) is 0 Å². The molecule has 0 N–H and O–H groups in total. The molecule has 0 aromatic heterocycles. The van der Waals surface area contributed by atoms with E-state index in [1.807, 2.05) is 0 Å². The van der Waals surface area contributed by atoms with Crippen molar-refractivity contribution in [3.8, 4) is 11.5 Å².